The third-order valence-corrected chi connectivity index (χ3v) is 14.3. The Morgan fingerprint density at radius 3 is 0.833 bits per heavy atom. The summed E-state index contributed by atoms with van der Waals surface area (Å²) in [5, 5.41) is 15.2. The Hall–Kier alpha value is -9.36. The summed E-state index contributed by atoms with van der Waals surface area (Å²) in [5.74, 6) is 0.996. The summed E-state index contributed by atoms with van der Waals surface area (Å²) in [5.41, 5.74) is 12.2. The van der Waals surface area contributed by atoms with E-state index in [1.807, 2.05) is 59.8 Å². The van der Waals surface area contributed by atoms with Gasteiger partial charge in [0.15, 0.2) is 0 Å². The fraction of sp³-hybridized carbons (Fsp3) is 0. The van der Waals surface area contributed by atoms with E-state index in [0.29, 0.717) is 23.2 Å². The third-order valence-electron chi connectivity index (χ3n) is 12.7. The normalized spacial score (nSPS) is 11.3. The molecule has 0 aliphatic heterocycles. The molecule has 0 atom stereocenters. The Labute approximate surface area is 419 Å². The van der Waals surface area contributed by atoms with Gasteiger partial charge in [-0.1, -0.05) is 97.1 Å². The van der Waals surface area contributed by atoms with Crippen molar-refractivity contribution in [3.63, 3.8) is 0 Å². The molecule has 12 heteroatoms. The molecule has 8 aromatic heterocycles. The molecule has 0 aliphatic rings. The van der Waals surface area contributed by atoms with Crippen molar-refractivity contribution in [3.8, 4) is 89.1 Å². The fourth-order valence-corrected chi connectivity index (χ4v) is 10.9. The van der Waals surface area contributed by atoms with E-state index >= 15 is 0 Å². The van der Waals surface area contributed by atoms with E-state index < -0.39 is 0 Å². The van der Waals surface area contributed by atoms with Crippen LogP contribution in [0.25, 0.3) is 132 Å². The van der Waals surface area contributed by atoms with Crippen molar-refractivity contribution in [1.29, 1.82) is 0 Å². The first-order valence-electron chi connectivity index (χ1n) is 23.1. The molecular weight excluding hydrogens is 929 g/mol. The maximum atomic E-state index is 5.51. The first kappa shape index (κ1) is 42.7. The van der Waals surface area contributed by atoms with E-state index in [1.165, 1.54) is 32.7 Å². The molecule has 0 radical (unpaired) electrons. The quantitative estimate of drug-likeness (QED) is 0.136. The van der Waals surface area contributed by atoms with Crippen molar-refractivity contribution in [1.82, 2.24) is 39.9 Å². The van der Waals surface area contributed by atoms with Gasteiger partial charge in [0.2, 0.25) is 11.8 Å². The van der Waals surface area contributed by atoms with Gasteiger partial charge in [0.25, 0.3) is 0 Å². The van der Waals surface area contributed by atoms with Gasteiger partial charge >= 0.3 is 0 Å². The molecule has 0 N–H and O–H groups in total. The van der Waals surface area contributed by atoms with E-state index in [9.17, 15) is 0 Å². The first-order chi connectivity index (χ1) is 35.7. The standard InChI is InChI=1S/C30H18N4O2.C30H18N4S2/c2*1-2-6-22-21(5-1)27(19-9-11-31-25(17-19)29-33-13-15-35-29)23-7-3-4-8-24(23)28(22)20-10-12-32-26(18-20)30-34-14-16-36-30/h2*1-18H. The van der Waals surface area contributed by atoms with E-state index in [4.69, 9.17) is 8.83 Å². The molecule has 0 spiro atoms. The SMILES string of the molecule is c1ccc2c(-c3ccnc(-c4ncco4)c3)c3ccccc3c(-c3ccnc(-c4ncco4)c3)c2c1.c1ccc2c(-c3ccnc(-c4nccs4)c3)c3ccccc3c(-c3ccnc(-c4nccs4)c3)c2c1. The van der Waals surface area contributed by atoms with Crippen LogP contribution in [0.15, 0.2) is 227 Å². The van der Waals surface area contributed by atoms with Crippen molar-refractivity contribution >= 4 is 65.8 Å². The number of pyridine rings is 4. The molecule has 10 nitrogen and oxygen atoms in total. The molecule has 0 bridgehead atoms. The number of nitrogens with zero attached hydrogens (tertiary/aromatic N) is 8. The molecular formula is C60H36N8O2S2. The predicted octanol–water partition coefficient (Wildman–Crippen LogP) is 15.8. The highest BCUT2D eigenvalue weighted by Gasteiger charge is 2.21. The lowest BCUT2D eigenvalue weighted by atomic mass is 9.86. The Morgan fingerprint density at radius 1 is 0.278 bits per heavy atom. The smallest absolute Gasteiger partial charge is 0.245 e. The van der Waals surface area contributed by atoms with Crippen LogP contribution in [0.4, 0.5) is 0 Å². The molecule has 0 fully saturated rings. The van der Waals surface area contributed by atoms with Crippen LogP contribution in [0, 0.1) is 0 Å². The monoisotopic (exact) mass is 964 g/mol. The molecule has 340 valence electrons. The van der Waals surface area contributed by atoms with Gasteiger partial charge in [0.1, 0.15) is 33.9 Å². The molecule has 14 aromatic rings. The molecule has 0 saturated heterocycles. The van der Waals surface area contributed by atoms with Crippen LogP contribution in [-0.2, 0) is 0 Å². The summed E-state index contributed by atoms with van der Waals surface area (Å²) >= 11 is 3.21. The molecule has 8 heterocycles. The Kier molecular flexibility index (Phi) is 11.0. The lowest BCUT2D eigenvalue weighted by molar-refractivity contribution is 0.572. The van der Waals surface area contributed by atoms with Gasteiger partial charge in [-0.3, -0.25) is 19.9 Å². The van der Waals surface area contributed by atoms with Gasteiger partial charge in [-0.25, -0.2) is 19.9 Å². The second kappa shape index (κ2) is 18.5. The van der Waals surface area contributed by atoms with Crippen LogP contribution in [0.1, 0.15) is 0 Å². The minimum Gasteiger partial charge on any atom is -0.443 e. The fourth-order valence-electron chi connectivity index (χ4n) is 9.71. The Balaban J connectivity index is 0.000000140. The van der Waals surface area contributed by atoms with E-state index in [2.05, 4.69) is 161 Å². The molecule has 14 rings (SSSR count). The van der Waals surface area contributed by atoms with Crippen LogP contribution < -0.4 is 0 Å². The third kappa shape index (κ3) is 7.77. The van der Waals surface area contributed by atoms with E-state index in [0.717, 1.165) is 76.3 Å². The molecule has 0 aliphatic carbocycles. The summed E-state index contributed by atoms with van der Waals surface area (Å²) in [6.07, 6.45) is 17.4. The van der Waals surface area contributed by atoms with Crippen LogP contribution in [-0.4, -0.2) is 39.9 Å². The number of benzene rings is 6. The highest BCUT2D eigenvalue weighted by molar-refractivity contribution is 7.13. The second-order valence-electron chi connectivity index (χ2n) is 16.8. The number of hydrogen-bond donors (Lipinski definition) is 0. The van der Waals surface area contributed by atoms with Gasteiger partial charge in [-0.2, -0.15) is 0 Å². The number of fused-ring (bicyclic) bond motifs is 4. The van der Waals surface area contributed by atoms with Gasteiger partial charge in [-0.15, -0.1) is 22.7 Å². The highest BCUT2D eigenvalue weighted by Crippen LogP contribution is 2.46. The summed E-state index contributed by atoms with van der Waals surface area (Å²) in [6.45, 7) is 0. The van der Waals surface area contributed by atoms with Crippen molar-refractivity contribution in [2.45, 2.75) is 0 Å². The number of hydrogen-bond acceptors (Lipinski definition) is 12. The second-order valence-corrected chi connectivity index (χ2v) is 18.5. The minimum absolute atomic E-state index is 0.498. The Morgan fingerprint density at radius 2 is 0.569 bits per heavy atom. The molecule has 72 heavy (non-hydrogen) atoms. The van der Waals surface area contributed by atoms with Gasteiger partial charge in [-0.05, 0) is 136 Å². The van der Waals surface area contributed by atoms with Crippen LogP contribution in [0.5, 0.6) is 0 Å². The molecule has 0 saturated carbocycles. The molecule has 0 unspecified atom stereocenters. The zero-order valence-corrected chi connectivity index (χ0v) is 39.6. The molecule has 0 amide bonds. The average molecular weight is 965 g/mol. The van der Waals surface area contributed by atoms with Gasteiger partial charge in [0.05, 0.1) is 23.8 Å². The zero-order valence-electron chi connectivity index (χ0n) is 38.0. The van der Waals surface area contributed by atoms with E-state index in [-0.39, 0.29) is 0 Å². The maximum absolute atomic E-state index is 5.51. The number of oxazole rings is 2. The number of aromatic nitrogens is 8. The lowest BCUT2D eigenvalue weighted by Gasteiger charge is -2.18. The van der Waals surface area contributed by atoms with E-state index in [1.54, 1.807) is 60.0 Å². The number of rotatable bonds is 8. The maximum Gasteiger partial charge on any atom is 0.245 e. The minimum atomic E-state index is 0.498. The van der Waals surface area contributed by atoms with Crippen molar-refractivity contribution in [2.75, 3.05) is 0 Å². The van der Waals surface area contributed by atoms with Crippen molar-refractivity contribution in [2.24, 2.45) is 0 Å². The topological polar surface area (TPSA) is 129 Å². The largest absolute Gasteiger partial charge is 0.443 e. The van der Waals surface area contributed by atoms with Gasteiger partial charge < -0.3 is 8.83 Å². The molecule has 6 aromatic carbocycles. The highest BCUT2D eigenvalue weighted by atomic mass is 32.1. The Bertz CT molecular complexity index is 3580. The average Bonchev–Trinajstić information content (AvgIpc) is 4.32. The summed E-state index contributed by atoms with van der Waals surface area (Å²) in [6, 6.07) is 50.9. The summed E-state index contributed by atoms with van der Waals surface area (Å²) < 4.78 is 11.0. The zero-order chi connectivity index (χ0) is 47.8. The summed E-state index contributed by atoms with van der Waals surface area (Å²) in [7, 11) is 0. The van der Waals surface area contributed by atoms with Crippen LogP contribution in [0.3, 0.4) is 0 Å². The van der Waals surface area contributed by atoms with Crippen LogP contribution >= 0.6 is 22.7 Å². The van der Waals surface area contributed by atoms with Crippen molar-refractivity contribution in [3.05, 3.63) is 218 Å². The summed E-state index contributed by atoms with van der Waals surface area (Å²) in [4.78, 5) is 35.7. The van der Waals surface area contributed by atoms with Crippen LogP contribution in [0.2, 0.25) is 0 Å². The first-order valence-corrected chi connectivity index (χ1v) is 24.8. The number of thiazole rings is 2. The predicted molar refractivity (Wildman–Crippen MR) is 289 cm³/mol. The van der Waals surface area contributed by atoms with Crippen molar-refractivity contribution < 1.29 is 8.83 Å². The van der Waals surface area contributed by atoms with Gasteiger partial charge in [0, 0.05) is 47.9 Å². The lowest BCUT2D eigenvalue weighted by Crippen LogP contribution is -1.93.